The van der Waals surface area contributed by atoms with Crippen molar-refractivity contribution in [3.63, 3.8) is 0 Å². The lowest BCUT2D eigenvalue weighted by Crippen LogP contribution is -2.42. The summed E-state index contributed by atoms with van der Waals surface area (Å²) in [7, 11) is 1.75. The first kappa shape index (κ1) is 18.6. The van der Waals surface area contributed by atoms with E-state index in [1.54, 1.807) is 13.1 Å². The molecule has 2 fully saturated rings. The van der Waals surface area contributed by atoms with Crippen LogP contribution in [0.5, 0.6) is 0 Å². The molecule has 2 aliphatic heterocycles. The maximum Gasteiger partial charge on any atom is 0.193 e. The van der Waals surface area contributed by atoms with E-state index in [0.717, 1.165) is 58.3 Å². The number of aliphatic imine (C=N–C) groups is 1. The minimum atomic E-state index is -0.307. The van der Waals surface area contributed by atoms with Gasteiger partial charge in [0.15, 0.2) is 5.96 Å². The van der Waals surface area contributed by atoms with E-state index in [1.165, 1.54) is 12.1 Å². The maximum absolute atomic E-state index is 13.9. The third kappa shape index (κ3) is 4.71. The number of morpholine rings is 1. The second-order valence-electron chi connectivity index (χ2n) is 6.83. The Bertz CT molecular complexity index is 681. The summed E-state index contributed by atoms with van der Waals surface area (Å²) in [6.07, 6.45) is 1.14. The van der Waals surface area contributed by atoms with E-state index >= 15 is 0 Å². The van der Waals surface area contributed by atoms with Crippen LogP contribution in [0.15, 0.2) is 23.2 Å². The molecule has 2 heterocycles. The molecule has 1 N–H and O–H groups in total. The fraction of sp³-hybridized carbons (Fsp3) is 0.579. The van der Waals surface area contributed by atoms with Gasteiger partial charge in [-0.3, -0.25) is 9.89 Å². The van der Waals surface area contributed by atoms with Crippen molar-refractivity contribution in [3.05, 3.63) is 35.1 Å². The zero-order valence-electron chi connectivity index (χ0n) is 15.2. The highest BCUT2D eigenvalue weighted by atomic mass is 19.1. The number of halogens is 1. The lowest BCUT2D eigenvalue weighted by atomic mass is 10.1. The number of benzene rings is 1. The van der Waals surface area contributed by atoms with E-state index in [4.69, 9.17) is 10.00 Å². The van der Waals surface area contributed by atoms with Crippen molar-refractivity contribution in [1.29, 1.82) is 5.26 Å². The van der Waals surface area contributed by atoms with Crippen molar-refractivity contribution in [2.75, 3.05) is 53.0 Å². The highest BCUT2D eigenvalue weighted by molar-refractivity contribution is 5.80. The van der Waals surface area contributed by atoms with Crippen LogP contribution >= 0.6 is 0 Å². The van der Waals surface area contributed by atoms with Crippen molar-refractivity contribution in [2.45, 2.75) is 13.0 Å². The minimum Gasteiger partial charge on any atom is -0.379 e. The molecule has 2 saturated heterocycles. The Kier molecular flexibility index (Phi) is 6.42. The molecule has 1 atom stereocenters. The molecule has 0 spiro atoms. The molecule has 7 heteroatoms. The molecule has 0 bridgehead atoms. The monoisotopic (exact) mass is 359 g/mol. The average Bonchev–Trinajstić information content (AvgIpc) is 3.12. The van der Waals surface area contributed by atoms with Crippen LogP contribution in [0, 0.1) is 23.1 Å². The highest BCUT2D eigenvalue weighted by Crippen LogP contribution is 2.18. The molecule has 0 aliphatic carbocycles. The van der Waals surface area contributed by atoms with E-state index in [0.29, 0.717) is 23.6 Å². The molecule has 1 aromatic rings. The van der Waals surface area contributed by atoms with Crippen LogP contribution in [0.4, 0.5) is 4.39 Å². The van der Waals surface area contributed by atoms with Crippen molar-refractivity contribution >= 4 is 5.96 Å². The molecule has 3 rings (SSSR count). The van der Waals surface area contributed by atoms with E-state index in [9.17, 15) is 4.39 Å². The molecule has 140 valence electrons. The SMILES string of the molecule is CN=C(NCc1cc(C#N)ccc1F)N1CCC(CN2CCOCC2)C1. The standard InChI is InChI=1S/C19H26FN5O/c1-22-19(23-12-17-10-15(11-21)2-3-18(17)20)25-5-4-16(14-25)13-24-6-8-26-9-7-24/h2-3,10,16H,4-9,12-14H2,1H3,(H,22,23). The first-order valence-electron chi connectivity index (χ1n) is 9.14. The van der Waals surface area contributed by atoms with Crippen LogP contribution in [-0.4, -0.2) is 68.7 Å². The summed E-state index contributed by atoms with van der Waals surface area (Å²) in [6.45, 7) is 7.00. The fourth-order valence-corrected chi connectivity index (χ4v) is 3.61. The minimum absolute atomic E-state index is 0.307. The summed E-state index contributed by atoms with van der Waals surface area (Å²) in [5, 5.41) is 12.2. The Morgan fingerprint density at radius 3 is 2.92 bits per heavy atom. The lowest BCUT2D eigenvalue weighted by Gasteiger charge is -2.29. The van der Waals surface area contributed by atoms with Crippen molar-refractivity contribution < 1.29 is 9.13 Å². The number of likely N-dealkylation sites (tertiary alicyclic amines) is 1. The van der Waals surface area contributed by atoms with Crippen molar-refractivity contribution in [2.24, 2.45) is 10.9 Å². The van der Waals surface area contributed by atoms with E-state index in [-0.39, 0.29) is 5.82 Å². The van der Waals surface area contributed by atoms with Gasteiger partial charge in [0.05, 0.1) is 24.8 Å². The van der Waals surface area contributed by atoms with Gasteiger partial charge in [0, 0.05) is 51.9 Å². The van der Waals surface area contributed by atoms with Gasteiger partial charge in [-0.2, -0.15) is 5.26 Å². The second kappa shape index (κ2) is 8.97. The Morgan fingerprint density at radius 2 is 2.19 bits per heavy atom. The first-order valence-corrected chi connectivity index (χ1v) is 9.14. The highest BCUT2D eigenvalue weighted by Gasteiger charge is 2.27. The maximum atomic E-state index is 13.9. The number of nitrogens with zero attached hydrogens (tertiary/aromatic N) is 4. The average molecular weight is 359 g/mol. The fourth-order valence-electron chi connectivity index (χ4n) is 3.61. The van der Waals surface area contributed by atoms with Crippen LogP contribution in [0.2, 0.25) is 0 Å². The van der Waals surface area contributed by atoms with Crippen molar-refractivity contribution in [1.82, 2.24) is 15.1 Å². The normalized spacial score (nSPS) is 21.7. The number of nitrogens with one attached hydrogen (secondary N) is 1. The van der Waals surface area contributed by atoms with Gasteiger partial charge in [0.1, 0.15) is 5.82 Å². The molecule has 0 radical (unpaired) electrons. The molecule has 0 saturated carbocycles. The number of nitriles is 1. The summed E-state index contributed by atoms with van der Waals surface area (Å²) in [5.74, 6) is 1.10. The number of ether oxygens (including phenoxy) is 1. The van der Waals surface area contributed by atoms with Crippen LogP contribution < -0.4 is 5.32 Å². The Hall–Kier alpha value is -2.17. The van der Waals surface area contributed by atoms with Gasteiger partial charge in [-0.15, -0.1) is 0 Å². The number of hydrogen-bond donors (Lipinski definition) is 1. The van der Waals surface area contributed by atoms with Gasteiger partial charge in [-0.25, -0.2) is 4.39 Å². The van der Waals surface area contributed by atoms with Crippen LogP contribution in [0.1, 0.15) is 17.5 Å². The summed E-state index contributed by atoms with van der Waals surface area (Å²) in [4.78, 5) is 9.05. The van der Waals surface area contributed by atoms with Gasteiger partial charge in [-0.05, 0) is 30.5 Å². The molecular formula is C19H26FN5O. The van der Waals surface area contributed by atoms with Crippen LogP contribution in [-0.2, 0) is 11.3 Å². The number of guanidine groups is 1. The summed E-state index contributed by atoms with van der Waals surface area (Å²) in [6, 6.07) is 6.46. The predicted molar refractivity (Wildman–Crippen MR) is 98.3 cm³/mol. The zero-order chi connectivity index (χ0) is 18.4. The molecule has 0 amide bonds. The smallest absolute Gasteiger partial charge is 0.193 e. The quantitative estimate of drug-likeness (QED) is 0.651. The Morgan fingerprint density at radius 1 is 1.38 bits per heavy atom. The summed E-state index contributed by atoms with van der Waals surface area (Å²) >= 11 is 0. The molecule has 26 heavy (non-hydrogen) atoms. The van der Waals surface area contributed by atoms with Gasteiger partial charge in [0.2, 0.25) is 0 Å². The third-order valence-electron chi connectivity index (χ3n) is 5.03. The Balaban J connectivity index is 1.52. The number of rotatable bonds is 4. The lowest BCUT2D eigenvalue weighted by molar-refractivity contribution is 0.0315. The topological polar surface area (TPSA) is 63.9 Å². The van der Waals surface area contributed by atoms with E-state index in [2.05, 4.69) is 20.1 Å². The first-order chi connectivity index (χ1) is 12.7. The third-order valence-corrected chi connectivity index (χ3v) is 5.03. The zero-order valence-corrected chi connectivity index (χ0v) is 15.2. The number of hydrogen-bond acceptors (Lipinski definition) is 4. The van der Waals surface area contributed by atoms with Crippen LogP contribution in [0.3, 0.4) is 0 Å². The molecular weight excluding hydrogens is 333 g/mol. The summed E-state index contributed by atoms with van der Waals surface area (Å²) < 4.78 is 19.4. The van der Waals surface area contributed by atoms with E-state index in [1.807, 2.05) is 6.07 Å². The van der Waals surface area contributed by atoms with E-state index < -0.39 is 0 Å². The van der Waals surface area contributed by atoms with Gasteiger partial charge < -0.3 is 15.0 Å². The van der Waals surface area contributed by atoms with Crippen LogP contribution in [0.25, 0.3) is 0 Å². The Labute approximate surface area is 154 Å². The molecule has 2 aliphatic rings. The molecule has 1 aromatic carbocycles. The van der Waals surface area contributed by atoms with Crippen molar-refractivity contribution in [3.8, 4) is 6.07 Å². The van der Waals surface area contributed by atoms with Gasteiger partial charge in [0.25, 0.3) is 0 Å². The van der Waals surface area contributed by atoms with Gasteiger partial charge in [-0.1, -0.05) is 0 Å². The largest absolute Gasteiger partial charge is 0.379 e. The van der Waals surface area contributed by atoms with Gasteiger partial charge >= 0.3 is 0 Å². The molecule has 1 unspecified atom stereocenters. The summed E-state index contributed by atoms with van der Waals surface area (Å²) in [5.41, 5.74) is 0.944. The molecule has 6 nitrogen and oxygen atoms in total. The molecule has 0 aromatic heterocycles. The predicted octanol–water partition coefficient (Wildman–Crippen LogP) is 1.43. The second-order valence-corrected chi connectivity index (χ2v) is 6.83.